The number of esters is 4. The fourth-order valence-corrected chi connectivity index (χ4v) is 15.3. The molecule has 107 heavy (non-hydrogen) atoms. The second-order valence-electron chi connectivity index (χ2n) is 33.1. The lowest BCUT2D eigenvalue weighted by atomic mass is 10.0. The molecule has 0 rings (SSSR count). The number of ether oxygens (including phenoxy) is 4. The quantitative estimate of drug-likeness (QED) is 0.0222. The van der Waals surface area contributed by atoms with Crippen LogP contribution in [0.4, 0.5) is 0 Å². The van der Waals surface area contributed by atoms with Gasteiger partial charge in [0.15, 0.2) is 12.2 Å². The van der Waals surface area contributed by atoms with Gasteiger partial charge < -0.3 is 33.8 Å². The van der Waals surface area contributed by atoms with Gasteiger partial charge in [-0.15, -0.1) is 0 Å². The molecular weight excluding hydrogens is 1390 g/mol. The summed E-state index contributed by atoms with van der Waals surface area (Å²) >= 11 is 0. The number of phosphoric ester groups is 2. The number of hydrogen-bond acceptors (Lipinski definition) is 15. The van der Waals surface area contributed by atoms with Gasteiger partial charge in [-0.3, -0.25) is 37.3 Å². The summed E-state index contributed by atoms with van der Waals surface area (Å²) in [4.78, 5) is 73.3. The third-order valence-electron chi connectivity index (χ3n) is 20.6. The number of aliphatic hydroxyl groups is 1. The van der Waals surface area contributed by atoms with Crippen LogP contribution in [0.25, 0.3) is 0 Å². The number of unbranched alkanes of at least 4 members (excludes halogenated alkanes) is 54. The van der Waals surface area contributed by atoms with Crippen molar-refractivity contribution in [3.63, 3.8) is 0 Å². The molecule has 0 aliphatic rings. The molecule has 0 aromatic rings. The third-order valence-corrected chi connectivity index (χ3v) is 22.5. The molecule has 0 aliphatic heterocycles. The van der Waals surface area contributed by atoms with Crippen molar-refractivity contribution in [2.24, 2.45) is 17.8 Å². The highest BCUT2D eigenvalue weighted by Crippen LogP contribution is 2.45. The van der Waals surface area contributed by atoms with Crippen LogP contribution in [0.2, 0.25) is 0 Å². The Kier molecular flexibility index (Phi) is 76.6. The van der Waals surface area contributed by atoms with E-state index < -0.39 is 97.5 Å². The second kappa shape index (κ2) is 78.0. The maximum absolute atomic E-state index is 13.2. The van der Waals surface area contributed by atoms with Crippen LogP contribution in [0, 0.1) is 17.8 Å². The van der Waals surface area contributed by atoms with E-state index in [1.54, 1.807) is 0 Å². The molecule has 0 saturated heterocycles. The second-order valence-corrected chi connectivity index (χ2v) is 36.0. The van der Waals surface area contributed by atoms with Gasteiger partial charge in [-0.25, -0.2) is 9.13 Å². The molecule has 0 saturated carbocycles. The maximum Gasteiger partial charge on any atom is 0.472 e. The molecule has 0 aliphatic carbocycles. The number of rotatable bonds is 86. The Morgan fingerprint density at radius 3 is 0.636 bits per heavy atom. The summed E-state index contributed by atoms with van der Waals surface area (Å²) in [6, 6.07) is 0. The number of phosphoric acid groups is 2. The van der Waals surface area contributed by atoms with Crippen molar-refractivity contribution in [1.82, 2.24) is 0 Å². The highest BCUT2D eigenvalue weighted by Gasteiger charge is 2.31. The first-order valence-corrected chi connectivity index (χ1v) is 48.3. The van der Waals surface area contributed by atoms with Gasteiger partial charge in [-0.1, -0.05) is 414 Å². The van der Waals surface area contributed by atoms with Crippen molar-refractivity contribution in [2.45, 2.75) is 484 Å². The van der Waals surface area contributed by atoms with Crippen molar-refractivity contribution in [1.29, 1.82) is 0 Å². The largest absolute Gasteiger partial charge is 0.472 e. The van der Waals surface area contributed by atoms with Gasteiger partial charge >= 0.3 is 39.5 Å². The van der Waals surface area contributed by atoms with E-state index in [1.807, 2.05) is 0 Å². The molecule has 0 amide bonds. The average molecular weight is 1560 g/mol. The van der Waals surface area contributed by atoms with E-state index in [2.05, 4.69) is 48.5 Å². The van der Waals surface area contributed by atoms with Crippen LogP contribution in [0.3, 0.4) is 0 Å². The van der Waals surface area contributed by atoms with E-state index in [0.717, 1.165) is 108 Å². The van der Waals surface area contributed by atoms with Gasteiger partial charge in [0.05, 0.1) is 26.4 Å². The molecule has 17 nitrogen and oxygen atoms in total. The summed E-state index contributed by atoms with van der Waals surface area (Å²) in [5, 5.41) is 10.7. The summed E-state index contributed by atoms with van der Waals surface area (Å²) in [6.07, 6.45) is 69.5. The first-order valence-electron chi connectivity index (χ1n) is 45.3. The lowest BCUT2D eigenvalue weighted by Crippen LogP contribution is -2.30. The molecule has 0 radical (unpaired) electrons. The van der Waals surface area contributed by atoms with Crippen molar-refractivity contribution in [3.05, 3.63) is 0 Å². The zero-order valence-electron chi connectivity index (χ0n) is 70.6. The molecule has 636 valence electrons. The van der Waals surface area contributed by atoms with E-state index in [-0.39, 0.29) is 25.7 Å². The predicted octanol–water partition coefficient (Wildman–Crippen LogP) is 26.9. The topological polar surface area (TPSA) is 237 Å². The predicted molar refractivity (Wildman–Crippen MR) is 441 cm³/mol. The Labute approximate surface area is 658 Å². The number of carbonyl (C=O) groups is 4. The lowest BCUT2D eigenvalue weighted by Gasteiger charge is -2.21. The van der Waals surface area contributed by atoms with Gasteiger partial charge in [-0.2, -0.15) is 0 Å². The molecule has 5 atom stereocenters. The Hall–Kier alpha value is -1.94. The Morgan fingerprint density at radius 2 is 0.430 bits per heavy atom. The summed E-state index contributed by atoms with van der Waals surface area (Å²) in [5.74, 6) is 0.251. The minimum Gasteiger partial charge on any atom is -0.462 e. The van der Waals surface area contributed by atoms with E-state index in [0.29, 0.717) is 25.7 Å². The minimum atomic E-state index is -4.97. The standard InChI is InChI=1S/C88H172O17P2/c1-8-9-10-11-12-13-14-15-16-19-25-31-36-41-50-57-64-72-88(93)105-84(76-99-86(91)70-63-56-49-44-43-47-54-61-68-81(6)7)78-103-107(96,97)101-74-82(89)73-100-106(94,95)102-77-83(75-98-85(90)69-62-55-48-40-35-30-27-22-24-29-34-39-46-53-60-67-80(4)5)104-87(92)71-65-58-51-42-37-32-26-21-18-17-20-23-28-33-38-45-52-59-66-79(2)3/h79-84,89H,8-78H2,1-7H3,(H,94,95)(H,96,97)/t82-,83-,84-/m1/s1. The zero-order chi connectivity index (χ0) is 78.6. The number of hydrogen-bond donors (Lipinski definition) is 3. The van der Waals surface area contributed by atoms with E-state index in [4.69, 9.17) is 37.0 Å². The van der Waals surface area contributed by atoms with Gasteiger partial charge in [0.25, 0.3) is 0 Å². The van der Waals surface area contributed by atoms with Gasteiger partial charge in [-0.05, 0) is 43.4 Å². The van der Waals surface area contributed by atoms with Crippen LogP contribution in [0.15, 0.2) is 0 Å². The van der Waals surface area contributed by atoms with E-state index in [9.17, 15) is 43.2 Å². The molecule has 0 spiro atoms. The fraction of sp³-hybridized carbons (Fsp3) is 0.955. The first-order chi connectivity index (χ1) is 51.7. The molecule has 0 aromatic carbocycles. The minimum absolute atomic E-state index is 0.108. The van der Waals surface area contributed by atoms with Crippen LogP contribution < -0.4 is 0 Å². The molecule has 0 fully saturated rings. The third kappa shape index (κ3) is 81.9. The van der Waals surface area contributed by atoms with Crippen molar-refractivity contribution >= 4 is 39.5 Å². The van der Waals surface area contributed by atoms with Crippen molar-refractivity contribution in [2.75, 3.05) is 39.6 Å². The monoisotopic (exact) mass is 1560 g/mol. The van der Waals surface area contributed by atoms with Crippen LogP contribution >= 0.6 is 15.6 Å². The molecule has 0 aromatic heterocycles. The normalized spacial score (nSPS) is 13.8. The molecule has 0 heterocycles. The van der Waals surface area contributed by atoms with Crippen LogP contribution in [0.5, 0.6) is 0 Å². The Morgan fingerprint density at radius 1 is 0.252 bits per heavy atom. The molecular formula is C88H172O17P2. The lowest BCUT2D eigenvalue weighted by molar-refractivity contribution is -0.161. The summed E-state index contributed by atoms with van der Waals surface area (Å²) < 4.78 is 69.0. The summed E-state index contributed by atoms with van der Waals surface area (Å²) in [5.41, 5.74) is 0. The van der Waals surface area contributed by atoms with Crippen LogP contribution in [-0.2, 0) is 65.4 Å². The molecule has 0 bridgehead atoms. The smallest absolute Gasteiger partial charge is 0.462 e. The van der Waals surface area contributed by atoms with Gasteiger partial charge in [0, 0.05) is 25.7 Å². The van der Waals surface area contributed by atoms with Crippen molar-refractivity contribution < 1.29 is 80.2 Å². The highest BCUT2D eigenvalue weighted by atomic mass is 31.2. The highest BCUT2D eigenvalue weighted by molar-refractivity contribution is 7.47. The Bertz CT molecular complexity index is 2060. The van der Waals surface area contributed by atoms with Crippen LogP contribution in [-0.4, -0.2) is 96.7 Å². The number of carbonyl (C=O) groups excluding carboxylic acids is 4. The number of aliphatic hydroxyl groups excluding tert-OH is 1. The summed E-state index contributed by atoms with van der Waals surface area (Å²) in [6.45, 7) is 12.0. The zero-order valence-corrected chi connectivity index (χ0v) is 72.4. The van der Waals surface area contributed by atoms with E-state index in [1.165, 1.54) is 276 Å². The molecule has 19 heteroatoms. The van der Waals surface area contributed by atoms with Crippen LogP contribution in [0.1, 0.15) is 466 Å². The van der Waals surface area contributed by atoms with E-state index >= 15 is 0 Å². The van der Waals surface area contributed by atoms with Gasteiger partial charge in [0.2, 0.25) is 0 Å². The van der Waals surface area contributed by atoms with Crippen molar-refractivity contribution in [3.8, 4) is 0 Å². The molecule has 3 N–H and O–H groups in total. The average Bonchev–Trinajstić information content (AvgIpc) is 0.912. The SMILES string of the molecule is CCCCCCCCCCCCCCCCCCCC(=O)O[C@H](COC(=O)CCCCCCCCCCC(C)C)COP(=O)(O)OC[C@H](O)COP(=O)(O)OC[C@@H](COC(=O)CCCCCCCCCCCCCCCCCC(C)C)OC(=O)CCCCCCCCCCCCCCCCCCCCC(C)C. The summed E-state index contributed by atoms with van der Waals surface area (Å²) in [7, 11) is -9.93. The fourth-order valence-electron chi connectivity index (χ4n) is 13.7. The first kappa shape index (κ1) is 105. The molecule has 2 unspecified atom stereocenters. The maximum atomic E-state index is 13.2. The Balaban J connectivity index is 5.24. The van der Waals surface area contributed by atoms with Gasteiger partial charge in [0.1, 0.15) is 19.3 Å².